The zero-order valence-electron chi connectivity index (χ0n) is 12.2. The maximum atomic E-state index is 2.31. The third-order valence-electron chi connectivity index (χ3n) is 3.38. The van der Waals surface area contributed by atoms with Gasteiger partial charge in [-0.15, -0.1) is 11.3 Å². The van der Waals surface area contributed by atoms with Crippen molar-refractivity contribution in [3.63, 3.8) is 0 Å². The van der Waals surface area contributed by atoms with Gasteiger partial charge in [-0.2, -0.15) is 0 Å². The van der Waals surface area contributed by atoms with Gasteiger partial charge in [-0.3, -0.25) is 0 Å². The maximum absolute atomic E-state index is 2.31. The number of thiophene rings is 1. The van der Waals surface area contributed by atoms with Gasteiger partial charge in [0.05, 0.1) is 0 Å². The molecule has 0 unspecified atom stereocenters. The molecular formula is C18H19NS. The van der Waals surface area contributed by atoms with Gasteiger partial charge in [0.25, 0.3) is 0 Å². The number of rotatable bonds is 3. The standard InChI is InChI=1S/C18H19NS/c1-13(12-19(2)3)10-14-8-9-18-16(11-14)15-6-4-5-7-17(15)20-18/h4-11H,12H2,1-3H3. The van der Waals surface area contributed by atoms with E-state index in [0.29, 0.717) is 0 Å². The smallest absolute Gasteiger partial charge is 0.0355 e. The van der Waals surface area contributed by atoms with Crippen LogP contribution in [-0.2, 0) is 0 Å². The lowest BCUT2D eigenvalue weighted by molar-refractivity contribution is 0.446. The molecule has 102 valence electrons. The summed E-state index contributed by atoms with van der Waals surface area (Å²) in [5.74, 6) is 0. The molecule has 2 heteroatoms. The van der Waals surface area contributed by atoms with E-state index < -0.39 is 0 Å². The van der Waals surface area contributed by atoms with Crippen LogP contribution >= 0.6 is 11.3 Å². The minimum Gasteiger partial charge on any atom is -0.305 e. The lowest BCUT2D eigenvalue weighted by atomic mass is 10.1. The summed E-state index contributed by atoms with van der Waals surface area (Å²) in [6.45, 7) is 3.19. The number of hydrogen-bond acceptors (Lipinski definition) is 2. The second kappa shape index (κ2) is 5.39. The summed E-state index contributed by atoms with van der Waals surface area (Å²) in [6.07, 6.45) is 2.28. The van der Waals surface area contributed by atoms with Crippen LogP contribution in [0.2, 0.25) is 0 Å². The zero-order valence-corrected chi connectivity index (χ0v) is 13.0. The Balaban J connectivity index is 2.08. The Labute approximate surface area is 124 Å². The van der Waals surface area contributed by atoms with E-state index in [1.807, 2.05) is 11.3 Å². The van der Waals surface area contributed by atoms with Gasteiger partial charge in [-0.05, 0) is 44.8 Å². The molecule has 1 nitrogen and oxygen atoms in total. The molecule has 2 aromatic carbocycles. The average molecular weight is 281 g/mol. The third kappa shape index (κ3) is 2.62. The van der Waals surface area contributed by atoms with Gasteiger partial charge in [-0.25, -0.2) is 0 Å². The molecule has 0 saturated heterocycles. The topological polar surface area (TPSA) is 3.24 Å². The fourth-order valence-corrected chi connectivity index (χ4v) is 3.75. The first-order chi connectivity index (χ1) is 9.63. The molecule has 1 aromatic heterocycles. The summed E-state index contributed by atoms with van der Waals surface area (Å²) in [6, 6.07) is 15.4. The Bertz CT molecular complexity index is 780. The molecule has 0 atom stereocenters. The van der Waals surface area contributed by atoms with Gasteiger partial charge >= 0.3 is 0 Å². The second-order valence-corrected chi connectivity index (χ2v) is 6.67. The lowest BCUT2D eigenvalue weighted by Crippen LogP contribution is -2.13. The minimum atomic E-state index is 1.00. The normalized spacial score (nSPS) is 12.7. The highest BCUT2D eigenvalue weighted by molar-refractivity contribution is 7.25. The number of likely N-dealkylation sites (N-methyl/N-ethyl adjacent to an activating group) is 1. The van der Waals surface area contributed by atoms with Gasteiger partial charge in [0.1, 0.15) is 0 Å². The first-order valence-electron chi connectivity index (χ1n) is 6.87. The first-order valence-corrected chi connectivity index (χ1v) is 7.68. The Morgan fingerprint density at radius 1 is 1.05 bits per heavy atom. The van der Waals surface area contributed by atoms with Gasteiger partial charge in [0, 0.05) is 26.7 Å². The molecule has 0 bridgehead atoms. The summed E-state index contributed by atoms with van der Waals surface area (Å²) < 4.78 is 2.74. The van der Waals surface area contributed by atoms with Crippen LogP contribution in [0.25, 0.3) is 26.2 Å². The van der Waals surface area contributed by atoms with Crippen LogP contribution in [0.15, 0.2) is 48.0 Å². The van der Waals surface area contributed by atoms with Gasteiger partial charge in [0.15, 0.2) is 0 Å². The SMILES string of the molecule is CC(=Cc1ccc2sc3ccccc3c2c1)CN(C)C. The highest BCUT2D eigenvalue weighted by Crippen LogP contribution is 2.34. The largest absolute Gasteiger partial charge is 0.305 e. The molecule has 0 fully saturated rings. The molecule has 3 aromatic rings. The Hall–Kier alpha value is -1.64. The molecule has 0 N–H and O–H groups in total. The molecule has 0 spiro atoms. The van der Waals surface area contributed by atoms with Crippen molar-refractivity contribution >= 4 is 37.6 Å². The van der Waals surface area contributed by atoms with E-state index in [-0.39, 0.29) is 0 Å². The van der Waals surface area contributed by atoms with E-state index in [2.05, 4.69) is 74.5 Å². The van der Waals surface area contributed by atoms with E-state index in [0.717, 1.165) is 6.54 Å². The van der Waals surface area contributed by atoms with E-state index in [4.69, 9.17) is 0 Å². The molecule has 0 aliphatic heterocycles. The van der Waals surface area contributed by atoms with E-state index in [1.54, 1.807) is 0 Å². The Morgan fingerprint density at radius 3 is 2.60 bits per heavy atom. The summed E-state index contributed by atoms with van der Waals surface area (Å²) >= 11 is 1.87. The Morgan fingerprint density at radius 2 is 1.80 bits per heavy atom. The maximum Gasteiger partial charge on any atom is 0.0355 e. The van der Waals surface area contributed by atoms with E-state index >= 15 is 0 Å². The highest BCUT2D eigenvalue weighted by Gasteiger charge is 2.04. The molecule has 0 aliphatic carbocycles. The van der Waals surface area contributed by atoms with Crippen molar-refractivity contribution in [2.75, 3.05) is 20.6 Å². The number of hydrogen-bond donors (Lipinski definition) is 0. The van der Waals surface area contributed by atoms with Crippen LogP contribution in [0.5, 0.6) is 0 Å². The number of fused-ring (bicyclic) bond motifs is 3. The predicted molar refractivity (Wildman–Crippen MR) is 91.5 cm³/mol. The molecule has 20 heavy (non-hydrogen) atoms. The molecule has 3 rings (SSSR count). The van der Waals surface area contributed by atoms with E-state index in [9.17, 15) is 0 Å². The van der Waals surface area contributed by atoms with Gasteiger partial charge in [0.2, 0.25) is 0 Å². The molecule has 0 radical (unpaired) electrons. The second-order valence-electron chi connectivity index (χ2n) is 5.58. The van der Waals surface area contributed by atoms with Crippen molar-refractivity contribution < 1.29 is 0 Å². The summed E-state index contributed by atoms with van der Waals surface area (Å²) in [7, 11) is 4.21. The van der Waals surface area contributed by atoms with Crippen molar-refractivity contribution in [2.24, 2.45) is 0 Å². The molecular weight excluding hydrogens is 262 g/mol. The Kier molecular flexibility index (Phi) is 3.60. The van der Waals surface area contributed by atoms with Crippen molar-refractivity contribution in [3.8, 4) is 0 Å². The lowest BCUT2D eigenvalue weighted by Gasteiger charge is -2.09. The highest BCUT2D eigenvalue weighted by atomic mass is 32.1. The van der Waals surface area contributed by atoms with E-state index in [1.165, 1.54) is 31.3 Å². The predicted octanol–water partition coefficient (Wildman–Crippen LogP) is 5.02. The van der Waals surface area contributed by atoms with Crippen LogP contribution in [0.1, 0.15) is 12.5 Å². The third-order valence-corrected chi connectivity index (χ3v) is 4.53. The fraction of sp³-hybridized carbons (Fsp3) is 0.222. The minimum absolute atomic E-state index is 1.00. The first kappa shape index (κ1) is 13.3. The quantitative estimate of drug-likeness (QED) is 0.651. The van der Waals surface area contributed by atoms with Crippen LogP contribution in [0.4, 0.5) is 0 Å². The molecule has 0 amide bonds. The van der Waals surface area contributed by atoms with Gasteiger partial charge < -0.3 is 4.90 Å². The monoisotopic (exact) mass is 281 g/mol. The fourth-order valence-electron chi connectivity index (χ4n) is 2.66. The van der Waals surface area contributed by atoms with Crippen molar-refractivity contribution in [2.45, 2.75) is 6.92 Å². The van der Waals surface area contributed by atoms with Gasteiger partial charge in [-0.1, -0.05) is 35.9 Å². The summed E-state index contributed by atoms with van der Waals surface area (Å²) in [5, 5.41) is 2.74. The van der Waals surface area contributed by atoms with Crippen LogP contribution in [0, 0.1) is 0 Å². The van der Waals surface area contributed by atoms with Crippen molar-refractivity contribution in [1.82, 2.24) is 4.90 Å². The number of benzene rings is 2. The molecule has 0 aliphatic rings. The van der Waals surface area contributed by atoms with Crippen molar-refractivity contribution in [1.29, 1.82) is 0 Å². The van der Waals surface area contributed by atoms with Crippen LogP contribution in [0.3, 0.4) is 0 Å². The molecule has 0 saturated carbocycles. The zero-order chi connectivity index (χ0) is 14.1. The summed E-state index contributed by atoms with van der Waals surface area (Å²) in [4.78, 5) is 2.20. The van der Waals surface area contributed by atoms with Crippen molar-refractivity contribution in [3.05, 3.63) is 53.6 Å². The van der Waals surface area contributed by atoms with Crippen LogP contribution in [-0.4, -0.2) is 25.5 Å². The summed E-state index contributed by atoms with van der Waals surface area (Å²) in [5.41, 5.74) is 2.68. The number of nitrogens with zero attached hydrogens (tertiary/aromatic N) is 1. The van der Waals surface area contributed by atoms with Crippen LogP contribution < -0.4 is 0 Å². The molecule has 1 heterocycles. The average Bonchev–Trinajstić information content (AvgIpc) is 2.76.